The Morgan fingerprint density at radius 1 is 1.13 bits per heavy atom. The Balaban J connectivity index is 2.01. The highest BCUT2D eigenvalue weighted by Gasteiger charge is 2.34. The largest absolute Gasteiger partial charge is 0.497 e. The molecule has 1 aliphatic heterocycles. The number of hydrogen-bond acceptors (Lipinski definition) is 6. The van der Waals surface area contributed by atoms with E-state index in [1.165, 1.54) is 30.2 Å². The number of amidine groups is 1. The van der Waals surface area contributed by atoms with E-state index in [9.17, 15) is 13.2 Å². The van der Waals surface area contributed by atoms with Crippen molar-refractivity contribution in [2.75, 3.05) is 20.8 Å². The molecule has 1 heterocycles. The third-order valence-electron chi connectivity index (χ3n) is 4.44. The van der Waals surface area contributed by atoms with E-state index in [2.05, 4.69) is 11.0 Å². The minimum absolute atomic E-state index is 0.0615. The quantitative estimate of drug-likeness (QED) is 0.463. The van der Waals surface area contributed by atoms with Crippen LogP contribution in [0.5, 0.6) is 11.5 Å². The molecule has 0 unspecified atom stereocenters. The molecule has 31 heavy (non-hydrogen) atoms. The molecule has 162 valence electrons. The van der Waals surface area contributed by atoms with E-state index in [0.717, 1.165) is 17.3 Å². The van der Waals surface area contributed by atoms with Gasteiger partial charge in [-0.15, -0.1) is 11.0 Å². The monoisotopic (exact) mass is 458 g/mol. The summed E-state index contributed by atoms with van der Waals surface area (Å²) < 4.78 is 40.1. The van der Waals surface area contributed by atoms with Gasteiger partial charge < -0.3 is 9.47 Å². The van der Waals surface area contributed by atoms with Gasteiger partial charge in [0.2, 0.25) is 0 Å². The standard InChI is InChI=1S/C22H22N2O5S2/c1-5-12-24-21(25)20(13-16-8-9-17(28-3)14-19(16)29-4)30-22(24)23-31(26,27)18-10-6-15(2)7-11-18/h5-11,13-14H,1,12H2,2-4H3/b20-13-,23-22?. The van der Waals surface area contributed by atoms with E-state index in [-0.39, 0.29) is 22.5 Å². The van der Waals surface area contributed by atoms with Crippen molar-refractivity contribution in [1.82, 2.24) is 4.90 Å². The molecular formula is C22H22N2O5S2. The zero-order valence-electron chi connectivity index (χ0n) is 17.4. The van der Waals surface area contributed by atoms with Crippen molar-refractivity contribution in [3.05, 3.63) is 71.2 Å². The second-order valence-electron chi connectivity index (χ2n) is 6.58. The number of hydrogen-bond donors (Lipinski definition) is 0. The molecule has 3 rings (SSSR count). The highest BCUT2D eigenvalue weighted by Crippen LogP contribution is 2.36. The van der Waals surface area contributed by atoms with Gasteiger partial charge in [0.25, 0.3) is 15.9 Å². The number of sulfonamides is 1. The number of methoxy groups -OCH3 is 2. The lowest BCUT2D eigenvalue weighted by Gasteiger charge is -2.12. The lowest BCUT2D eigenvalue weighted by molar-refractivity contribution is -0.121. The van der Waals surface area contributed by atoms with E-state index in [4.69, 9.17) is 9.47 Å². The third kappa shape index (κ3) is 5.00. The maximum atomic E-state index is 12.9. The molecule has 1 fully saturated rings. The molecule has 1 amide bonds. The van der Waals surface area contributed by atoms with Crippen LogP contribution in [0.3, 0.4) is 0 Å². The Morgan fingerprint density at radius 3 is 2.45 bits per heavy atom. The predicted octanol–water partition coefficient (Wildman–Crippen LogP) is 3.86. The van der Waals surface area contributed by atoms with Crippen molar-refractivity contribution in [2.24, 2.45) is 4.40 Å². The van der Waals surface area contributed by atoms with E-state index in [1.54, 1.807) is 43.5 Å². The molecule has 0 radical (unpaired) electrons. The fourth-order valence-corrected chi connectivity index (χ4v) is 4.99. The topological polar surface area (TPSA) is 85.3 Å². The van der Waals surface area contributed by atoms with Crippen LogP contribution in [-0.2, 0) is 14.8 Å². The number of thioether (sulfide) groups is 1. The normalized spacial score (nSPS) is 16.7. The summed E-state index contributed by atoms with van der Waals surface area (Å²) in [5, 5.41) is 0.0733. The summed E-state index contributed by atoms with van der Waals surface area (Å²) in [6.07, 6.45) is 3.16. The highest BCUT2D eigenvalue weighted by molar-refractivity contribution is 8.19. The molecule has 0 N–H and O–H groups in total. The van der Waals surface area contributed by atoms with Crippen LogP contribution in [0.15, 0.2) is 69.3 Å². The molecule has 2 aromatic rings. The van der Waals surface area contributed by atoms with Gasteiger partial charge in [-0.1, -0.05) is 23.8 Å². The number of aryl methyl sites for hydroxylation is 1. The first-order valence-electron chi connectivity index (χ1n) is 9.25. The number of carbonyl (C=O) groups is 1. The Hall–Kier alpha value is -3.04. The molecular weight excluding hydrogens is 436 g/mol. The van der Waals surface area contributed by atoms with Crippen molar-refractivity contribution in [2.45, 2.75) is 11.8 Å². The summed E-state index contributed by atoms with van der Waals surface area (Å²) in [6.45, 7) is 5.65. The summed E-state index contributed by atoms with van der Waals surface area (Å²) in [5.74, 6) is 0.776. The maximum Gasteiger partial charge on any atom is 0.284 e. The van der Waals surface area contributed by atoms with Gasteiger partial charge in [0.05, 0.1) is 24.0 Å². The summed E-state index contributed by atoms with van der Waals surface area (Å²) in [5.41, 5.74) is 1.59. The third-order valence-corrected chi connectivity index (χ3v) is 6.85. The molecule has 0 atom stereocenters. The van der Waals surface area contributed by atoms with Crippen LogP contribution in [0.25, 0.3) is 6.08 Å². The molecule has 2 aromatic carbocycles. The summed E-state index contributed by atoms with van der Waals surface area (Å²) in [7, 11) is -0.914. The van der Waals surface area contributed by atoms with Crippen molar-refractivity contribution < 1.29 is 22.7 Å². The van der Waals surface area contributed by atoms with Gasteiger partial charge in [0, 0.05) is 18.2 Å². The van der Waals surface area contributed by atoms with E-state index < -0.39 is 10.0 Å². The fraction of sp³-hybridized carbons (Fsp3) is 0.182. The Bertz CT molecular complexity index is 1170. The number of amides is 1. The fourth-order valence-electron chi connectivity index (χ4n) is 2.81. The molecule has 7 nitrogen and oxygen atoms in total. The van der Waals surface area contributed by atoms with Gasteiger partial charge in [-0.3, -0.25) is 9.69 Å². The number of carbonyl (C=O) groups excluding carboxylic acids is 1. The van der Waals surface area contributed by atoms with Crippen molar-refractivity contribution in [1.29, 1.82) is 0 Å². The van der Waals surface area contributed by atoms with Gasteiger partial charge >= 0.3 is 0 Å². The van der Waals surface area contributed by atoms with Crippen LogP contribution >= 0.6 is 11.8 Å². The molecule has 0 saturated carbocycles. The van der Waals surface area contributed by atoms with Crippen LogP contribution in [0, 0.1) is 6.92 Å². The molecule has 1 aliphatic rings. The van der Waals surface area contributed by atoms with Crippen molar-refractivity contribution in [3.63, 3.8) is 0 Å². The van der Waals surface area contributed by atoms with Crippen LogP contribution < -0.4 is 9.47 Å². The molecule has 0 aromatic heterocycles. The average Bonchev–Trinajstić information content (AvgIpc) is 3.03. The van der Waals surface area contributed by atoms with Gasteiger partial charge in [-0.05, 0) is 49.0 Å². The van der Waals surface area contributed by atoms with E-state index in [1.807, 2.05) is 6.92 Å². The average molecular weight is 459 g/mol. The summed E-state index contributed by atoms with van der Waals surface area (Å²) in [6, 6.07) is 11.6. The van der Waals surface area contributed by atoms with Gasteiger partial charge in [0.15, 0.2) is 5.17 Å². The lowest BCUT2D eigenvalue weighted by Crippen LogP contribution is -2.29. The number of ether oxygens (including phenoxy) is 2. The maximum absolute atomic E-state index is 12.9. The molecule has 0 bridgehead atoms. The predicted molar refractivity (Wildman–Crippen MR) is 123 cm³/mol. The minimum Gasteiger partial charge on any atom is -0.497 e. The molecule has 1 saturated heterocycles. The zero-order chi connectivity index (χ0) is 22.6. The van der Waals surface area contributed by atoms with Crippen LogP contribution in [0.2, 0.25) is 0 Å². The SMILES string of the molecule is C=CCN1C(=O)/C(=C/c2ccc(OC)cc2OC)SC1=NS(=O)(=O)c1ccc(C)cc1. The van der Waals surface area contributed by atoms with Crippen molar-refractivity contribution >= 4 is 38.9 Å². The Morgan fingerprint density at radius 2 is 1.84 bits per heavy atom. The highest BCUT2D eigenvalue weighted by atomic mass is 32.2. The first-order valence-corrected chi connectivity index (χ1v) is 11.5. The van der Waals surface area contributed by atoms with Gasteiger partial charge in [0.1, 0.15) is 11.5 Å². The minimum atomic E-state index is -3.98. The first-order chi connectivity index (χ1) is 14.8. The van der Waals surface area contributed by atoms with Crippen LogP contribution in [0.4, 0.5) is 0 Å². The number of benzene rings is 2. The smallest absolute Gasteiger partial charge is 0.284 e. The van der Waals surface area contributed by atoms with Crippen LogP contribution in [0.1, 0.15) is 11.1 Å². The molecule has 0 spiro atoms. The molecule has 9 heteroatoms. The van der Waals surface area contributed by atoms with Gasteiger partial charge in [-0.2, -0.15) is 8.42 Å². The second kappa shape index (κ2) is 9.40. The molecule has 0 aliphatic carbocycles. The zero-order valence-corrected chi connectivity index (χ0v) is 19.0. The second-order valence-corrected chi connectivity index (χ2v) is 9.20. The van der Waals surface area contributed by atoms with E-state index >= 15 is 0 Å². The number of rotatable bonds is 7. The van der Waals surface area contributed by atoms with Crippen molar-refractivity contribution in [3.8, 4) is 11.5 Å². The van der Waals surface area contributed by atoms with E-state index in [0.29, 0.717) is 22.0 Å². The Kier molecular flexibility index (Phi) is 6.87. The van der Waals surface area contributed by atoms with Gasteiger partial charge in [-0.25, -0.2) is 0 Å². The Labute approximate surface area is 186 Å². The lowest BCUT2D eigenvalue weighted by atomic mass is 10.1. The summed E-state index contributed by atoms with van der Waals surface area (Å²) >= 11 is 0.989. The first kappa shape index (κ1) is 22.6. The number of nitrogens with zero attached hydrogens (tertiary/aromatic N) is 2. The van der Waals surface area contributed by atoms with Crippen LogP contribution in [-0.4, -0.2) is 45.2 Å². The summed E-state index contributed by atoms with van der Waals surface area (Å²) in [4.78, 5) is 14.6.